The maximum Gasteiger partial charge on any atom is 0.124 e. The van der Waals surface area contributed by atoms with Gasteiger partial charge in [0, 0.05) is 18.0 Å². The summed E-state index contributed by atoms with van der Waals surface area (Å²) >= 11 is 4.14. The molecular weight excluding hydrogens is 288 g/mol. The topological polar surface area (TPSA) is 27.1 Å². The predicted octanol–water partition coefficient (Wildman–Crippen LogP) is 3.54. The zero-order valence-electron chi connectivity index (χ0n) is 11.1. The van der Waals surface area contributed by atoms with Gasteiger partial charge in [-0.05, 0) is 24.0 Å². The number of rotatable bonds is 1. The van der Waals surface area contributed by atoms with Crippen LogP contribution >= 0.6 is 23.5 Å². The molecule has 104 valence electrons. The molecule has 0 amide bonds. The molecule has 1 aromatic carbocycles. The Morgan fingerprint density at radius 3 is 2.90 bits per heavy atom. The van der Waals surface area contributed by atoms with Crippen molar-refractivity contribution in [3.63, 3.8) is 0 Å². The Morgan fingerprint density at radius 2 is 2.10 bits per heavy atom. The van der Waals surface area contributed by atoms with Gasteiger partial charge >= 0.3 is 0 Å². The molecule has 2 aromatic rings. The van der Waals surface area contributed by atoms with E-state index >= 15 is 0 Å². The van der Waals surface area contributed by atoms with Crippen LogP contribution in [-0.4, -0.2) is 27.7 Å². The van der Waals surface area contributed by atoms with Crippen LogP contribution in [0.4, 0.5) is 0 Å². The summed E-state index contributed by atoms with van der Waals surface area (Å²) in [5.41, 5.74) is 1.33. The van der Waals surface area contributed by atoms with Gasteiger partial charge in [-0.15, -0.1) is 23.5 Å². The summed E-state index contributed by atoms with van der Waals surface area (Å²) in [5, 5.41) is 0. The van der Waals surface area contributed by atoms with Crippen LogP contribution in [0.25, 0.3) is 0 Å². The van der Waals surface area contributed by atoms with Crippen molar-refractivity contribution in [2.24, 2.45) is 0 Å². The molecule has 4 rings (SSSR count). The number of benzene rings is 1. The van der Waals surface area contributed by atoms with Crippen molar-refractivity contribution < 1.29 is 4.74 Å². The standard InChI is InChI=1S/C15H16N2OS2/c1-2-5-13-12(4-1)15(19-8-3-9-20-15)14(10-18-13)17-7-6-16-11-17/h1-2,4-7,11,14H,3,8-10H2. The Kier molecular flexibility index (Phi) is 3.19. The fourth-order valence-electron chi connectivity index (χ4n) is 2.97. The third-order valence-corrected chi connectivity index (χ3v) is 7.44. The molecule has 1 atom stereocenters. The minimum atomic E-state index is 0.0633. The van der Waals surface area contributed by atoms with E-state index in [0.29, 0.717) is 12.6 Å². The first kappa shape index (κ1) is 12.7. The second-order valence-electron chi connectivity index (χ2n) is 5.05. The first-order chi connectivity index (χ1) is 9.90. The lowest BCUT2D eigenvalue weighted by Crippen LogP contribution is -2.40. The normalized spacial score (nSPS) is 24.1. The Labute approximate surface area is 127 Å². The van der Waals surface area contributed by atoms with Crippen molar-refractivity contribution in [2.45, 2.75) is 16.5 Å². The molecule has 5 heteroatoms. The Hall–Kier alpha value is -1.07. The van der Waals surface area contributed by atoms with E-state index in [1.54, 1.807) is 0 Å². The molecule has 1 saturated heterocycles. The summed E-state index contributed by atoms with van der Waals surface area (Å²) in [7, 11) is 0. The molecule has 0 bridgehead atoms. The summed E-state index contributed by atoms with van der Waals surface area (Å²) in [6.07, 6.45) is 7.11. The number of nitrogens with zero attached hydrogens (tertiary/aromatic N) is 2. The number of imidazole rings is 1. The van der Waals surface area contributed by atoms with Gasteiger partial charge in [0.05, 0.1) is 12.4 Å². The first-order valence-electron chi connectivity index (χ1n) is 6.88. The maximum absolute atomic E-state index is 6.01. The largest absolute Gasteiger partial charge is 0.491 e. The Morgan fingerprint density at radius 1 is 1.25 bits per heavy atom. The molecule has 3 heterocycles. The molecular formula is C15H16N2OS2. The van der Waals surface area contributed by atoms with Gasteiger partial charge in [0.25, 0.3) is 0 Å². The van der Waals surface area contributed by atoms with Crippen LogP contribution in [0.2, 0.25) is 0 Å². The van der Waals surface area contributed by atoms with Gasteiger partial charge < -0.3 is 9.30 Å². The Balaban J connectivity index is 1.85. The van der Waals surface area contributed by atoms with E-state index in [2.05, 4.69) is 63.5 Å². The number of aromatic nitrogens is 2. The van der Waals surface area contributed by atoms with E-state index in [1.165, 1.54) is 23.5 Å². The summed E-state index contributed by atoms with van der Waals surface area (Å²) in [4.78, 5) is 4.22. The van der Waals surface area contributed by atoms with Crippen LogP contribution in [0, 0.1) is 0 Å². The number of hydrogen-bond acceptors (Lipinski definition) is 4. The van der Waals surface area contributed by atoms with E-state index in [0.717, 1.165) is 5.75 Å². The Bertz CT molecular complexity index is 594. The highest BCUT2D eigenvalue weighted by Gasteiger charge is 2.48. The first-order valence-corrected chi connectivity index (χ1v) is 8.85. The highest BCUT2D eigenvalue weighted by molar-refractivity contribution is 8.18. The average molecular weight is 304 g/mol. The lowest BCUT2D eigenvalue weighted by molar-refractivity contribution is 0.211. The molecule has 0 aliphatic carbocycles. The van der Waals surface area contributed by atoms with Crippen LogP contribution in [0.3, 0.4) is 0 Å². The van der Waals surface area contributed by atoms with Gasteiger partial charge in [0.1, 0.15) is 16.4 Å². The predicted molar refractivity (Wildman–Crippen MR) is 84.4 cm³/mol. The van der Waals surface area contributed by atoms with Crippen molar-refractivity contribution in [1.29, 1.82) is 0 Å². The SMILES string of the molecule is c1ccc2c(c1)OCC(n1ccnc1)C21SCCCS1. The zero-order chi connectivity index (χ0) is 13.4. The van der Waals surface area contributed by atoms with Crippen LogP contribution < -0.4 is 4.74 Å². The van der Waals surface area contributed by atoms with E-state index in [-0.39, 0.29) is 4.08 Å². The third-order valence-electron chi connectivity index (χ3n) is 3.90. The van der Waals surface area contributed by atoms with E-state index in [1.807, 2.05) is 12.5 Å². The monoisotopic (exact) mass is 304 g/mol. The minimum Gasteiger partial charge on any atom is -0.491 e. The highest BCUT2D eigenvalue weighted by Crippen LogP contribution is 2.60. The van der Waals surface area contributed by atoms with Crippen molar-refractivity contribution in [3.05, 3.63) is 48.5 Å². The molecule has 0 radical (unpaired) electrons. The van der Waals surface area contributed by atoms with Gasteiger partial charge in [-0.1, -0.05) is 18.2 Å². The molecule has 1 fully saturated rings. The fourth-order valence-corrected chi connectivity index (χ4v) is 6.58. The number of ether oxygens (including phenoxy) is 1. The highest BCUT2D eigenvalue weighted by atomic mass is 32.2. The van der Waals surface area contributed by atoms with Crippen molar-refractivity contribution in [2.75, 3.05) is 18.1 Å². The summed E-state index contributed by atoms with van der Waals surface area (Å²) < 4.78 is 8.29. The van der Waals surface area contributed by atoms with Crippen LogP contribution in [0.5, 0.6) is 5.75 Å². The smallest absolute Gasteiger partial charge is 0.124 e. The molecule has 2 aliphatic heterocycles. The second kappa shape index (κ2) is 5.04. The van der Waals surface area contributed by atoms with E-state index in [4.69, 9.17) is 4.74 Å². The maximum atomic E-state index is 6.01. The number of para-hydroxylation sites is 1. The van der Waals surface area contributed by atoms with Crippen LogP contribution in [-0.2, 0) is 4.08 Å². The van der Waals surface area contributed by atoms with E-state index in [9.17, 15) is 0 Å². The lowest BCUT2D eigenvalue weighted by Gasteiger charge is -2.46. The van der Waals surface area contributed by atoms with Crippen LogP contribution in [0.15, 0.2) is 43.0 Å². The molecule has 3 nitrogen and oxygen atoms in total. The molecule has 0 saturated carbocycles. The average Bonchev–Trinajstić information content (AvgIpc) is 3.03. The van der Waals surface area contributed by atoms with E-state index < -0.39 is 0 Å². The van der Waals surface area contributed by atoms with Gasteiger partial charge in [0.15, 0.2) is 0 Å². The molecule has 2 aliphatic rings. The lowest BCUT2D eigenvalue weighted by atomic mass is 10.0. The van der Waals surface area contributed by atoms with Gasteiger partial charge in [-0.3, -0.25) is 0 Å². The van der Waals surface area contributed by atoms with Gasteiger partial charge in [-0.2, -0.15) is 0 Å². The molecule has 1 spiro atoms. The molecule has 20 heavy (non-hydrogen) atoms. The molecule has 1 unspecified atom stereocenters. The number of fused-ring (bicyclic) bond motifs is 2. The molecule has 1 aromatic heterocycles. The van der Waals surface area contributed by atoms with Crippen molar-refractivity contribution in [3.8, 4) is 5.75 Å². The van der Waals surface area contributed by atoms with Crippen molar-refractivity contribution in [1.82, 2.24) is 9.55 Å². The van der Waals surface area contributed by atoms with Gasteiger partial charge in [0.2, 0.25) is 0 Å². The minimum absolute atomic E-state index is 0.0633. The quantitative estimate of drug-likeness (QED) is 0.805. The number of thioether (sulfide) groups is 2. The molecule has 0 N–H and O–H groups in total. The fraction of sp³-hybridized carbons (Fsp3) is 0.400. The third kappa shape index (κ3) is 1.87. The van der Waals surface area contributed by atoms with Crippen LogP contribution in [0.1, 0.15) is 18.0 Å². The summed E-state index contributed by atoms with van der Waals surface area (Å²) in [6.45, 7) is 0.716. The van der Waals surface area contributed by atoms with Gasteiger partial charge in [-0.25, -0.2) is 4.98 Å². The summed E-state index contributed by atoms with van der Waals surface area (Å²) in [6, 6.07) is 8.80. The zero-order valence-corrected chi connectivity index (χ0v) is 12.7. The van der Waals surface area contributed by atoms with Crippen molar-refractivity contribution >= 4 is 23.5 Å². The number of hydrogen-bond donors (Lipinski definition) is 0. The second-order valence-corrected chi connectivity index (χ2v) is 7.99. The summed E-state index contributed by atoms with van der Waals surface area (Å²) in [5.74, 6) is 3.48.